The summed E-state index contributed by atoms with van der Waals surface area (Å²) in [4.78, 5) is 51.9. The summed E-state index contributed by atoms with van der Waals surface area (Å²) in [6, 6.07) is 8.11. The van der Waals surface area contributed by atoms with E-state index in [1.807, 2.05) is 30.3 Å². The molecule has 1 saturated heterocycles. The van der Waals surface area contributed by atoms with Crippen LogP contribution in [0, 0.1) is 5.92 Å². The van der Waals surface area contributed by atoms with E-state index >= 15 is 0 Å². The van der Waals surface area contributed by atoms with Crippen LogP contribution < -0.4 is 16.0 Å². The van der Waals surface area contributed by atoms with E-state index in [1.165, 1.54) is 56.8 Å². The van der Waals surface area contributed by atoms with Gasteiger partial charge in [-0.05, 0) is 77.0 Å². The van der Waals surface area contributed by atoms with Crippen LogP contribution in [0.15, 0.2) is 53.6 Å². The molecule has 9 heteroatoms. The smallest absolute Gasteiger partial charge is 0.317 e. The van der Waals surface area contributed by atoms with E-state index in [0.29, 0.717) is 13.1 Å². The molecule has 3 N–H and O–H groups in total. The molecule has 1 fully saturated rings. The molecule has 3 unspecified atom stereocenters. The predicted octanol–water partition coefficient (Wildman–Crippen LogP) is 6.01. The highest BCUT2D eigenvalue weighted by Crippen LogP contribution is 2.35. The number of Topliss-reactive ketones (excluding diaryl/α,β-unsaturated/α-hetero) is 1. The molecule has 3 atom stereocenters. The highest BCUT2D eigenvalue weighted by molar-refractivity contribution is 5.91. The lowest BCUT2D eigenvalue weighted by atomic mass is 9.79. The summed E-state index contributed by atoms with van der Waals surface area (Å²) in [5.74, 6) is 0.0269. The molecule has 0 aromatic heterocycles. The van der Waals surface area contributed by atoms with Crippen molar-refractivity contribution in [2.24, 2.45) is 5.92 Å². The minimum Gasteiger partial charge on any atom is -0.346 e. The zero-order chi connectivity index (χ0) is 34.5. The van der Waals surface area contributed by atoms with Gasteiger partial charge in [-0.25, -0.2) is 4.79 Å². The summed E-state index contributed by atoms with van der Waals surface area (Å²) in [6.07, 6.45) is 13.9. The molecule has 4 amide bonds. The zero-order valence-electron chi connectivity index (χ0n) is 29.8. The predicted molar refractivity (Wildman–Crippen MR) is 188 cm³/mol. The monoisotopic (exact) mass is 639 g/mol. The second-order valence-electron chi connectivity index (χ2n) is 12.0. The van der Waals surface area contributed by atoms with E-state index in [2.05, 4.69) is 62.7 Å². The molecule has 2 aliphatic rings. The summed E-state index contributed by atoms with van der Waals surface area (Å²) in [5.41, 5.74) is 4.36. The Hall–Kier alpha value is -3.46. The first-order chi connectivity index (χ1) is 22.1. The van der Waals surface area contributed by atoms with Crippen LogP contribution >= 0.6 is 0 Å². The number of amides is 4. The van der Waals surface area contributed by atoms with Gasteiger partial charge >= 0.3 is 6.03 Å². The van der Waals surface area contributed by atoms with Gasteiger partial charge in [0.25, 0.3) is 0 Å². The Kier molecular flexibility index (Phi) is 20.2. The molecule has 1 aliphatic carbocycles. The lowest BCUT2D eigenvalue weighted by Gasteiger charge is -2.40. The molecule has 46 heavy (non-hydrogen) atoms. The van der Waals surface area contributed by atoms with Gasteiger partial charge in [0.1, 0.15) is 6.04 Å². The van der Waals surface area contributed by atoms with E-state index < -0.39 is 12.1 Å². The van der Waals surface area contributed by atoms with Gasteiger partial charge in [0.05, 0.1) is 19.1 Å². The second-order valence-corrected chi connectivity index (χ2v) is 12.0. The van der Waals surface area contributed by atoms with Gasteiger partial charge < -0.3 is 25.8 Å². The van der Waals surface area contributed by atoms with Crippen molar-refractivity contribution in [3.05, 3.63) is 59.2 Å². The zero-order valence-corrected chi connectivity index (χ0v) is 29.8. The lowest BCUT2D eigenvalue weighted by Crippen LogP contribution is -2.61. The fraction of sp³-hybridized carbons (Fsp3) is 0.622. The molecule has 1 aromatic carbocycles. The van der Waals surface area contributed by atoms with Crippen LogP contribution in [-0.4, -0.2) is 78.7 Å². The van der Waals surface area contributed by atoms with Crippen molar-refractivity contribution in [1.29, 1.82) is 0 Å². The topological polar surface area (TPSA) is 111 Å². The van der Waals surface area contributed by atoms with Crippen molar-refractivity contribution in [1.82, 2.24) is 25.8 Å². The summed E-state index contributed by atoms with van der Waals surface area (Å²) in [5, 5.41) is 8.20. The first-order valence-corrected chi connectivity index (χ1v) is 17.2. The number of rotatable bonds is 11. The minimum absolute atomic E-state index is 0.128. The maximum atomic E-state index is 12.5. The number of carbonyl (C=O) groups is 4. The molecular weight excluding hydrogens is 578 g/mol. The molecular formula is C37H61N5O4. The van der Waals surface area contributed by atoms with Crippen molar-refractivity contribution in [2.75, 3.05) is 33.2 Å². The number of likely N-dealkylation sites (N-methyl/N-ethyl adjacent to an activating group) is 1. The number of hydrogen-bond acceptors (Lipinski definition) is 5. The van der Waals surface area contributed by atoms with Crippen molar-refractivity contribution in [3.63, 3.8) is 0 Å². The number of nitrogens with zero attached hydrogens (tertiary/aromatic N) is 2. The third-order valence-electron chi connectivity index (χ3n) is 8.27. The van der Waals surface area contributed by atoms with Crippen LogP contribution in [0.25, 0.3) is 0 Å². The number of ketones is 1. The minimum atomic E-state index is -0.725. The van der Waals surface area contributed by atoms with E-state index in [4.69, 9.17) is 0 Å². The first kappa shape index (κ1) is 40.6. The number of nitrogens with one attached hydrogen (secondary N) is 3. The van der Waals surface area contributed by atoms with E-state index in [0.717, 1.165) is 11.5 Å². The molecule has 1 aromatic rings. The average Bonchev–Trinajstić information content (AvgIpc) is 3.07. The molecule has 3 rings (SSSR count). The van der Waals surface area contributed by atoms with Gasteiger partial charge in [0, 0.05) is 19.6 Å². The number of urea groups is 1. The Morgan fingerprint density at radius 3 is 2.26 bits per heavy atom. The largest absolute Gasteiger partial charge is 0.346 e. The SMILES string of the molecule is C/C=C\C1=C(CC)CCCC1CCC.CCC.CNC(C)C(=O)NCC(=O)N1CCN(C(=O)NCc2ccccc2)CC1C(C)=O. The van der Waals surface area contributed by atoms with Crippen LogP contribution in [0.4, 0.5) is 4.79 Å². The molecule has 0 bridgehead atoms. The normalized spacial score (nSPS) is 18.5. The summed E-state index contributed by atoms with van der Waals surface area (Å²) in [6.45, 7) is 15.0. The quantitative estimate of drug-likeness (QED) is 0.275. The standard InChI is InChI=1S/C20H29N5O4.C14H24.C3H8/c1-14(21-3)19(28)22-12-18(27)25-10-9-24(13-17(25)15(2)26)20(29)23-11-16-7-5-4-6-8-16;1-4-8-13-11-7-10-12(6-3)14(13)9-5-2;1-3-2/h4-8,14,17,21H,9-13H2,1-3H3,(H,22,28)(H,23,29);5,9,13H,4,6-8,10-11H2,1-3H3;3H2,1-2H3/b;9-5-;. The van der Waals surface area contributed by atoms with E-state index in [1.54, 1.807) is 30.0 Å². The van der Waals surface area contributed by atoms with Gasteiger partial charge in [0.2, 0.25) is 11.8 Å². The maximum absolute atomic E-state index is 12.5. The summed E-state index contributed by atoms with van der Waals surface area (Å²) < 4.78 is 0. The Morgan fingerprint density at radius 2 is 1.70 bits per heavy atom. The number of hydrogen-bond donors (Lipinski definition) is 3. The van der Waals surface area contributed by atoms with Crippen molar-refractivity contribution < 1.29 is 19.2 Å². The fourth-order valence-corrected chi connectivity index (χ4v) is 5.66. The van der Waals surface area contributed by atoms with Crippen molar-refractivity contribution >= 4 is 23.6 Å². The fourth-order valence-electron chi connectivity index (χ4n) is 5.66. The maximum Gasteiger partial charge on any atom is 0.317 e. The lowest BCUT2D eigenvalue weighted by molar-refractivity contribution is -0.141. The van der Waals surface area contributed by atoms with Gasteiger partial charge in [-0.3, -0.25) is 14.4 Å². The third-order valence-corrected chi connectivity index (χ3v) is 8.27. The Labute approximate surface area is 278 Å². The number of benzene rings is 1. The Balaban J connectivity index is 0.000000517. The van der Waals surface area contributed by atoms with E-state index in [9.17, 15) is 19.2 Å². The number of carbonyl (C=O) groups excluding carboxylic acids is 4. The first-order valence-electron chi connectivity index (χ1n) is 17.2. The molecule has 0 spiro atoms. The Morgan fingerprint density at radius 1 is 1.02 bits per heavy atom. The van der Waals surface area contributed by atoms with Crippen molar-refractivity contribution in [3.8, 4) is 0 Å². The van der Waals surface area contributed by atoms with Gasteiger partial charge in [-0.2, -0.15) is 0 Å². The molecule has 9 nitrogen and oxygen atoms in total. The van der Waals surface area contributed by atoms with Crippen LogP contribution in [0.1, 0.15) is 99.0 Å². The second kappa shape index (κ2) is 23.0. The highest BCUT2D eigenvalue weighted by Gasteiger charge is 2.35. The number of allylic oxidation sites excluding steroid dienone is 4. The van der Waals surface area contributed by atoms with Gasteiger partial charge in [0.15, 0.2) is 5.78 Å². The van der Waals surface area contributed by atoms with Gasteiger partial charge in [-0.1, -0.05) is 88.6 Å². The van der Waals surface area contributed by atoms with Crippen LogP contribution in [-0.2, 0) is 20.9 Å². The third kappa shape index (κ3) is 13.9. The highest BCUT2D eigenvalue weighted by atomic mass is 16.2. The van der Waals surface area contributed by atoms with Crippen LogP contribution in [0.2, 0.25) is 0 Å². The summed E-state index contributed by atoms with van der Waals surface area (Å²) >= 11 is 0. The van der Waals surface area contributed by atoms with Crippen molar-refractivity contribution in [2.45, 2.75) is 112 Å². The van der Waals surface area contributed by atoms with E-state index in [-0.39, 0.29) is 43.3 Å². The molecule has 1 aliphatic heterocycles. The average molecular weight is 640 g/mol. The molecule has 1 heterocycles. The summed E-state index contributed by atoms with van der Waals surface area (Å²) in [7, 11) is 1.65. The molecule has 0 radical (unpaired) electrons. The number of piperazine rings is 1. The Bertz CT molecular complexity index is 1130. The van der Waals surface area contributed by atoms with Gasteiger partial charge in [-0.15, -0.1) is 0 Å². The molecule has 258 valence electrons. The molecule has 0 saturated carbocycles. The van der Waals surface area contributed by atoms with Crippen LogP contribution in [0.3, 0.4) is 0 Å². The van der Waals surface area contributed by atoms with Crippen LogP contribution in [0.5, 0.6) is 0 Å².